The number of nitrogens with one attached hydrogen (secondary N) is 1. The summed E-state index contributed by atoms with van der Waals surface area (Å²) in [6, 6.07) is 0. The Labute approximate surface area is 113 Å². The van der Waals surface area contributed by atoms with Crippen molar-refractivity contribution in [2.24, 2.45) is 0 Å². The number of aromatic nitrogens is 2. The second kappa shape index (κ2) is 7.25. The molecule has 1 aromatic rings. The Hall–Kier alpha value is -1.40. The highest BCUT2D eigenvalue weighted by molar-refractivity contribution is 5.77. The molecule has 0 spiro atoms. The van der Waals surface area contributed by atoms with Crippen LogP contribution < -0.4 is 0 Å². The van der Waals surface area contributed by atoms with Gasteiger partial charge in [0.1, 0.15) is 12.4 Å². The van der Waals surface area contributed by atoms with E-state index in [4.69, 9.17) is 9.47 Å². The van der Waals surface area contributed by atoms with E-state index < -0.39 is 0 Å². The van der Waals surface area contributed by atoms with Gasteiger partial charge in [0, 0.05) is 38.5 Å². The van der Waals surface area contributed by atoms with Gasteiger partial charge >= 0.3 is 0 Å². The molecule has 0 bridgehead atoms. The number of hydrogen-bond acceptors (Lipinski definition) is 4. The van der Waals surface area contributed by atoms with Crippen LogP contribution in [0.3, 0.4) is 0 Å². The smallest absolute Gasteiger partial charge is 0.248 e. The Kier molecular flexibility index (Phi) is 5.35. The van der Waals surface area contributed by atoms with E-state index in [2.05, 4.69) is 9.97 Å². The topological polar surface area (TPSA) is 67.5 Å². The average Bonchev–Trinajstić information content (AvgIpc) is 2.98. The lowest BCUT2D eigenvalue weighted by atomic mass is 9.97. The Morgan fingerprint density at radius 3 is 3.21 bits per heavy atom. The Bertz CT molecular complexity index is 380. The molecule has 1 aliphatic heterocycles. The first-order chi connectivity index (χ1) is 9.31. The molecule has 1 aliphatic rings. The summed E-state index contributed by atoms with van der Waals surface area (Å²) < 4.78 is 10.1. The lowest BCUT2D eigenvalue weighted by molar-refractivity contribution is -0.137. The minimum absolute atomic E-state index is 0.0485. The van der Waals surface area contributed by atoms with Gasteiger partial charge in [-0.15, -0.1) is 0 Å². The summed E-state index contributed by atoms with van der Waals surface area (Å²) >= 11 is 0. The number of carbonyl (C=O) groups excluding carboxylic acids is 1. The van der Waals surface area contributed by atoms with Gasteiger partial charge in [0.2, 0.25) is 5.91 Å². The predicted molar refractivity (Wildman–Crippen MR) is 69.8 cm³/mol. The number of piperidine rings is 1. The second-order valence-corrected chi connectivity index (χ2v) is 4.70. The van der Waals surface area contributed by atoms with Gasteiger partial charge in [0.15, 0.2) is 0 Å². The molecule has 1 saturated heterocycles. The zero-order valence-corrected chi connectivity index (χ0v) is 11.3. The van der Waals surface area contributed by atoms with Crippen LogP contribution in [0.1, 0.15) is 24.6 Å². The fraction of sp³-hybridized carbons (Fsp3) is 0.692. The van der Waals surface area contributed by atoms with Crippen LogP contribution in [0.4, 0.5) is 0 Å². The van der Waals surface area contributed by atoms with Crippen molar-refractivity contribution in [3.8, 4) is 0 Å². The Morgan fingerprint density at radius 1 is 1.58 bits per heavy atom. The van der Waals surface area contributed by atoms with Crippen LogP contribution in [0.5, 0.6) is 0 Å². The largest absolute Gasteiger partial charge is 0.382 e. The molecule has 1 N–H and O–H groups in total. The minimum atomic E-state index is 0.0485. The van der Waals surface area contributed by atoms with E-state index in [-0.39, 0.29) is 12.5 Å². The number of likely N-dealkylation sites (tertiary alicyclic amines) is 1. The molecule has 2 rings (SSSR count). The number of imidazole rings is 1. The van der Waals surface area contributed by atoms with Gasteiger partial charge < -0.3 is 19.4 Å². The number of nitrogens with zero attached hydrogens (tertiary/aromatic N) is 2. The maximum absolute atomic E-state index is 12.0. The second-order valence-electron chi connectivity index (χ2n) is 4.70. The summed E-state index contributed by atoms with van der Waals surface area (Å²) in [4.78, 5) is 21.3. The molecule has 106 valence electrons. The molecule has 1 fully saturated rings. The normalized spacial score (nSPS) is 19.6. The molecule has 1 aromatic heterocycles. The van der Waals surface area contributed by atoms with Gasteiger partial charge in [0.25, 0.3) is 0 Å². The van der Waals surface area contributed by atoms with Crippen molar-refractivity contribution in [1.29, 1.82) is 0 Å². The number of hydrogen-bond donors (Lipinski definition) is 1. The first-order valence-electron chi connectivity index (χ1n) is 6.65. The molecule has 0 unspecified atom stereocenters. The van der Waals surface area contributed by atoms with Crippen molar-refractivity contribution in [2.75, 3.05) is 40.0 Å². The van der Waals surface area contributed by atoms with Gasteiger partial charge in [-0.1, -0.05) is 0 Å². The van der Waals surface area contributed by atoms with Gasteiger partial charge in [-0.2, -0.15) is 0 Å². The molecule has 0 radical (unpaired) electrons. The third-order valence-electron chi connectivity index (χ3n) is 3.34. The van der Waals surface area contributed by atoms with Crippen LogP contribution in [0.2, 0.25) is 0 Å². The maximum Gasteiger partial charge on any atom is 0.248 e. The Morgan fingerprint density at radius 2 is 2.47 bits per heavy atom. The van der Waals surface area contributed by atoms with E-state index in [0.29, 0.717) is 19.1 Å². The van der Waals surface area contributed by atoms with Gasteiger partial charge in [0.05, 0.1) is 13.2 Å². The van der Waals surface area contributed by atoms with E-state index in [1.165, 1.54) is 0 Å². The van der Waals surface area contributed by atoms with Crippen molar-refractivity contribution in [3.63, 3.8) is 0 Å². The molecular weight excluding hydrogens is 246 g/mol. The standard InChI is InChI=1S/C13H21N3O3/c1-18-7-8-19-10-12(17)16-6-2-3-11(9-16)13-14-4-5-15-13/h4-5,11H,2-3,6-10H2,1H3,(H,14,15)/t11-/m1/s1. The van der Waals surface area contributed by atoms with Crippen LogP contribution in [-0.4, -0.2) is 60.8 Å². The van der Waals surface area contributed by atoms with E-state index in [9.17, 15) is 4.79 Å². The molecule has 0 saturated carbocycles. The maximum atomic E-state index is 12.0. The fourth-order valence-corrected chi connectivity index (χ4v) is 2.32. The quantitative estimate of drug-likeness (QED) is 0.773. The predicted octanol–water partition coefficient (Wildman–Crippen LogP) is 0.779. The molecule has 1 atom stereocenters. The van der Waals surface area contributed by atoms with Crippen molar-refractivity contribution in [1.82, 2.24) is 14.9 Å². The van der Waals surface area contributed by atoms with Gasteiger partial charge in [-0.3, -0.25) is 4.79 Å². The van der Waals surface area contributed by atoms with Crippen molar-refractivity contribution < 1.29 is 14.3 Å². The number of ether oxygens (including phenoxy) is 2. The van der Waals surface area contributed by atoms with Crippen molar-refractivity contribution in [2.45, 2.75) is 18.8 Å². The zero-order valence-electron chi connectivity index (χ0n) is 11.3. The summed E-state index contributed by atoms with van der Waals surface area (Å²) in [5, 5.41) is 0. The lowest BCUT2D eigenvalue weighted by Gasteiger charge is -2.31. The van der Waals surface area contributed by atoms with Gasteiger partial charge in [-0.05, 0) is 12.8 Å². The number of H-pyrrole nitrogens is 1. The monoisotopic (exact) mass is 267 g/mol. The third kappa shape index (κ3) is 4.04. The van der Waals surface area contributed by atoms with Crippen LogP contribution in [-0.2, 0) is 14.3 Å². The molecule has 19 heavy (non-hydrogen) atoms. The number of rotatable bonds is 6. The summed E-state index contributed by atoms with van der Waals surface area (Å²) in [7, 11) is 1.61. The molecule has 0 aliphatic carbocycles. The van der Waals surface area contributed by atoms with Crippen LogP contribution in [0, 0.1) is 0 Å². The molecule has 2 heterocycles. The number of aromatic amines is 1. The van der Waals surface area contributed by atoms with E-state index in [0.717, 1.165) is 31.8 Å². The van der Waals surface area contributed by atoms with E-state index >= 15 is 0 Å². The first kappa shape index (κ1) is 14.0. The van der Waals surface area contributed by atoms with E-state index in [1.807, 2.05) is 11.1 Å². The average molecular weight is 267 g/mol. The molecule has 6 heteroatoms. The van der Waals surface area contributed by atoms with Crippen molar-refractivity contribution >= 4 is 5.91 Å². The summed E-state index contributed by atoms with van der Waals surface area (Å²) in [6.45, 7) is 2.64. The lowest BCUT2D eigenvalue weighted by Crippen LogP contribution is -2.41. The summed E-state index contributed by atoms with van der Waals surface area (Å²) in [5.74, 6) is 1.33. The highest BCUT2D eigenvalue weighted by Crippen LogP contribution is 2.24. The molecular formula is C13H21N3O3. The van der Waals surface area contributed by atoms with Crippen LogP contribution in [0.15, 0.2) is 12.4 Å². The fourth-order valence-electron chi connectivity index (χ4n) is 2.32. The molecule has 1 amide bonds. The summed E-state index contributed by atoms with van der Waals surface area (Å²) in [6.07, 6.45) is 5.66. The minimum Gasteiger partial charge on any atom is -0.382 e. The zero-order chi connectivity index (χ0) is 13.5. The number of carbonyl (C=O) groups is 1. The number of methoxy groups -OCH3 is 1. The van der Waals surface area contributed by atoms with Crippen LogP contribution in [0.25, 0.3) is 0 Å². The van der Waals surface area contributed by atoms with Crippen molar-refractivity contribution in [3.05, 3.63) is 18.2 Å². The number of amides is 1. The highest BCUT2D eigenvalue weighted by atomic mass is 16.5. The molecule has 6 nitrogen and oxygen atoms in total. The third-order valence-corrected chi connectivity index (χ3v) is 3.34. The van der Waals surface area contributed by atoms with Crippen LogP contribution >= 0.6 is 0 Å². The summed E-state index contributed by atoms with van der Waals surface area (Å²) in [5.41, 5.74) is 0. The SMILES string of the molecule is COCCOCC(=O)N1CCC[C@@H](c2ncc[nH]2)C1. The Balaban J connectivity index is 1.78. The molecule has 0 aromatic carbocycles. The highest BCUT2D eigenvalue weighted by Gasteiger charge is 2.25. The van der Waals surface area contributed by atoms with Gasteiger partial charge in [-0.25, -0.2) is 4.98 Å². The van der Waals surface area contributed by atoms with E-state index in [1.54, 1.807) is 13.3 Å². The first-order valence-corrected chi connectivity index (χ1v) is 6.65.